The molecule has 0 radical (unpaired) electrons. The van der Waals surface area contributed by atoms with Gasteiger partial charge in [-0.25, -0.2) is 4.98 Å². The molecule has 2 rings (SSSR count). The number of ketones is 1. The monoisotopic (exact) mass is 292 g/mol. The summed E-state index contributed by atoms with van der Waals surface area (Å²) in [7, 11) is 0. The number of amides is 1. The van der Waals surface area contributed by atoms with Crippen molar-refractivity contribution in [3.8, 4) is 0 Å². The molecule has 1 aliphatic rings. The number of nitrogens with one attached hydrogen (secondary N) is 1. The van der Waals surface area contributed by atoms with Crippen LogP contribution in [0.25, 0.3) is 0 Å². The number of nitrogens with zero attached hydrogens (tertiary/aromatic N) is 1. The molecule has 0 saturated carbocycles. The minimum absolute atomic E-state index is 0.0447. The first-order valence-electron chi connectivity index (χ1n) is 6.79. The number of hydrogen-bond donors (Lipinski definition) is 1. The Hall–Kier alpha value is -1.49. The summed E-state index contributed by atoms with van der Waals surface area (Å²) in [5, 5.41) is 3.25. The van der Waals surface area contributed by atoms with Crippen LogP contribution in [0.1, 0.15) is 49.5 Å². The number of allylic oxidation sites excluding steroid dienone is 1. The van der Waals surface area contributed by atoms with E-state index in [-0.39, 0.29) is 17.1 Å². The summed E-state index contributed by atoms with van der Waals surface area (Å²) >= 11 is 1.28. The van der Waals surface area contributed by atoms with Crippen molar-refractivity contribution < 1.29 is 9.59 Å². The van der Waals surface area contributed by atoms with Crippen LogP contribution < -0.4 is 5.32 Å². The van der Waals surface area contributed by atoms with Gasteiger partial charge >= 0.3 is 0 Å². The second-order valence-electron chi connectivity index (χ2n) is 6.33. The smallest absolute Gasteiger partial charge is 0.249 e. The molecular formula is C15H20N2O2S. The van der Waals surface area contributed by atoms with E-state index in [4.69, 9.17) is 0 Å². The lowest BCUT2D eigenvalue weighted by atomic mass is 9.78. The number of hydrogen-bond acceptors (Lipinski definition) is 4. The Labute approximate surface area is 123 Å². The Balaban J connectivity index is 2.13. The number of thiazole rings is 1. The molecule has 108 valence electrons. The minimum atomic E-state index is -0.198. The second-order valence-corrected chi connectivity index (χ2v) is 7.33. The number of aromatic nitrogens is 1. The first-order chi connectivity index (χ1) is 9.27. The van der Waals surface area contributed by atoms with Crippen molar-refractivity contribution in [2.24, 2.45) is 11.3 Å². The van der Waals surface area contributed by atoms with Crippen molar-refractivity contribution in [2.75, 3.05) is 5.32 Å². The van der Waals surface area contributed by atoms with Crippen LogP contribution in [0.4, 0.5) is 5.13 Å². The first kappa shape index (κ1) is 14.9. The molecule has 0 unspecified atom stereocenters. The third kappa shape index (κ3) is 3.54. The molecule has 0 bridgehead atoms. The van der Waals surface area contributed by atoms with Crippen molar-refractivity contribution in [1.29, 1.82) is 0 Å². The summed E-state index contributed by atoms with van der Waals surface area (Å²) in [5.74, 6) is 0.260. The van der Waals surface area contributed by atoms with Crippen LogP contribution in [0.3, 0.4) is 0 Å². The number of fused-ring (bicyclic) bond motifs is 1. The molecule has 0 atom stereocenters. The number of Topliss-reactive ketones (excluding diaryl/α,β-unsaturated/α-hetero) is 1. The SMILES string of the molecule is CC(C)/C=C/C(=O)Nc1nc2c(s1)C(=O)CC(C)(C)C2. The highest BCUT2D eigenvalue weighted by molar-refractivity contribution is 7.17. The molecule has 1 heterocycles. The fraction of sp³-hybridized carbons (Fsp3) is 0.533. The van der Waals surface area contributed by atoms with Crippen molar-refractivity contribution in [3.63, 3.8) is 0 Å². The second kappa shape index (κ2) is 5.48. The van der Waals surface area contributed by atoms with E-state index < -0.39 is 0 Å². The molecule has 1 aromatic heterocycles. The van der Waals surface area contributed by atoms with Crippen molar-refractivity contribution in [3.05, 3.63) is 22.7 Å². The van der Waals surface area contributed by atoms with Gasteiger partial charge in [0.05, 0.1) is 10.6 Å². The predicted molar refractivity (Wildman–Crippen MR) is 81.2 cm³/mol. The molecule has 0 fully saturated rings. The normalized spacial score (nSPS) is 17.6. The molecule has 1 aromatic rings. The zero-order valence-electron chi connectivity index (χ0n) is 12.3. The standard InChI is InChI=1S/C15H20N2O2S/c1-9(2)5-6-12(19)17-14-16-10-7-15(3,4)8-11(18)13(10)20-14/h5-6,9H,7-8H2,1-4H3,(H,16,17,19)/b6-5+. The van der Waals surface area contributed by atoms with Gasteiger partial charge in [0.15, 0.2) is 10.9 Å². The highest BCUT2D eigenvalue weighted by Crippen LogP contribution is 2.38. The average Bonchev–Trinajstić information content (AvgIpc) is 2.67. The third-order valence-electron chi connectivity index (χ3n) is 3.10. The van der Waals surface area contributed by atoms with Crippen molar-refractivity contribution >= 4 is 28.2 Å². The fourth-order valence-electron chi connectivity index (χ4n) is 2.20. The highest BCUT2D eigenvalue weighted by atomic mass is 32.1. The van der Waals surface area contributed by atoms with Gasteiger partial charge in [0.1, 0.15) is 0 Å². The maximum Gasteiger partial charge on any atom is 0.249 e. The number of carbonyl (C=O) groups excluding carboxylic acids is 2. The van der Waals surface area contributed by atoms with E-state index in [0.717, 1.165) is 12.1 Å². The van der Waals surface area contributed by atoms with Crippen LogP contribution in [-0.2, 0) is 11.2 Å². The topological polar surface area (TPSA) is 59.1 Å². The summed E-state index contributed by atoms with van der Waals surface area (Å²) in [6.07, 6.45) is 4.67. The zero-order chi connectivity index (χ0) is 14.9. The lowest BCUT2D eigenvalue weighted by Crippen LogP contribution is -2.26. The first-order valence-corrected chi connectivity index (χ1v) is 7.60. The van der Waals surface area contributed by atoms with E-state index in [1.54, 1.807) is 0 Å². The zero-order valence-corrected chi connectivity index (χ0v) is 13.1. The Morgan fingerprint density at radius 1 is 1.40 bits per heavy atom. The molecule has 0 aliphatic heterocycles. The van der Waals surface area contributed by atoms with Gasteiger partial charge in [-0.15, -0.1) is 0 Å². The minimum Gasteiger partial charge on any atom is -0.298 e. The van der Waals surface area contributed by atoms with Gasteiger partial charge in [-0.2, -0.15) is 0 Å². The van der Waals surface area contributed by atoms with E-state index >= 15 is 0 Å². The molecule has 20 heavy (non-hydrogen) atoms. The van der Waals surface area contributed by atoms with Crippen LogP contribution >= 0.6 is 11.3 Å². The summed E-state index contributed by atoms with van der Waals surface area (Å²) < 4.78 is 0. The van der Waals surface area contributed by atoms with Crippen molar-refractivity contribution in [1.82, 2.24) is 4.98 Å². The Morgan fingerprint density at radius 3 is 2.75 bits per heavy atom. The number of rotatable bonds is 3. The van der Waals surface area contributed by atoms with E-state index in [1.165, 1.54) is 17.4 Å². The summed E-state index contributed by atoms with van der Waals surface area (Å²) in [5.41, 5.74) is 0.774. The van der Waals surface area contributed by atoms with Crippen LogP contribution in [0, 0.1) is 11.3 Å². The van der Waals surface area contributed by atoms with Crippen LogP contribution in [0.5, 0.6) is 0 Å². The molecule has 1 amide bonds. The van der Waals surface area contributed by atoms with Gasteiger partial charge in [-0.05, 0) is 23.8 Å². The van der Waals surface area contributed by atoms with Gasteiger partial charge in [0, 0.05) is 6.42 Å². The lowest BCUT2D eigenvalue weighted by molar-refractivity contribution is -0.111. The van der Waals surface area contributed by atoms with Crippen LogP contribution in [0.15, 0.2) is 12.2 Å². The van der Waals surface area contributed by atoms with Gasteiger partial charge in [0.25, 0.3) is 0 Å². The molecule has 1 aliphatic carbocycles. The summed E-state index contributed by atoms with van der Waals surface area (Å²) in [6.45, 7) is 8.15. The van der Waals surface area contributed by atoms with Crippen LogP contribution in [0.2, 0.25) is 0 Å². The third-order valence-corrected chi connectivity index (χ3v) is 4.15. The number of carbonyl (C=O) groups is 2. The van der Waals surface area contributed by atoms with Crippen molar-refractivity contribution in [2.45, 2.75) is 40.5 Å². The molecule has 0 saturated heterocycles. The molecular weight excluding hydrogens is 272 g/mol. The van der Waals surface area contributed by atoms with E-state index in [1.807, 2.05) is 19.9 Å². The number of anilines is 1. The Kier molecular flexibility index (Phi) is 4.09. The van der Waals surface area contributed by atoms with E-state index in [9.17, 15) is 9.59 Å². The van der Waals surface area contributed by atoms with Gasteiger partial charge in [0.2, 0.25) is 5.91 Å². The molecule has 1 N–H and O–H groups in total. The Morgan fingerprint density at radius 2 is 2.10 bits per heavy atom. The maximum atomic E-state index is 12.1. The fourth-order valence-corrected chi connectivity index (χ4v) is 3.12. The Bertz CT molecular complexity index is 570. The largest absolute Gasteiger partial charge is 0.298 e. The molecule has 4 nitrogen and oxygen atoms in total. The molecule has 0 aromatic carbocycles. The van der Waals surface area contributed by atoms with Gasteiger partial charge < -0.3 is 0 Å². The maximum absolute atomic E-state index is 12.1. The van der Waals surface area contributed by atoms with Gasteiger partial charge in [-0.3, -0.25) is 14.9 Å². The van der Waals surface area contributed by atoms with Crippen LogP contribution in [-0.4, -0.2) is 16.7 Å². The lowest BCUT2D eigenvalue weighted by Gasteiger charge is -2.26. The summed E-state index contributed by atoms with van der Waals surface area (Å²) in [6, 6.07) is 0. The van der Waals surface area contributed by atoms with Gasteiger partial charge in [-0.1, -0.05) is 45.1 Å². The van der Waals surface area contributed by atoms with E-state index in [2.05, 4.69) is 24.1 Å². The summed E-state index contributed by atoms with van der Waals surface area (Å²) in [4.78, 5) is 28.9. The molecule has 5 heteroatoms. The highest BCUT2D eigenvalue weighted by Gasteiger charge is 2.33. The predicted octanol–water partition coefficient (Wildman–Crippen LogP) is 3.45. The average molecular weight is 292 g/mol. The quantitative estimate of drug-likeness (QED) is 0.868. The van der Waals surface area contributed by atoms with E-state index in [0.29, 0.717) is 22.3 Å². The molecule has 0 spiro atoms.